The van der Waals surface area contributed by atoms with Crippen molar-refractivity contribution in [1.29, 1.82) is 0 Å². The number of aliphatic hydroxyl groups excluding tert-OH is 1. The van der Waals surface area contributed by atoms with Gasteiger partial charge in [-0.05, 0) is 25.8 Å². The summed E-state index contributed by atoms with van der Waals surface area (Å²) in [7, 11) is 0. The summed E-state index contributed by atoms with van der Waals surface area (Å²) in [5, 5.41) is 12.6. The van der Waals surface area contributed by atoms with Gasteiger partial charge in [-0.25, -0.2) is 0 Å². The van der Waals surface area contributed by atoms with Crippen molar-refractivity contribution in [3.63, 3.8) is 0 Å². The maximum absolute atomic E-state index is 9.21. The van der Waals surface area contributed by atoms with Crippen LogP contribution in [0.4, 0.5) is 0 Å². The van der Waals surface area contributed by atoms with Crippen molar-refractivity contribution in [2.75, 3.05) is 13.2 Å². The van der Waals surface area contributed by atoms with E-state index in [0.29, 0.717) is 0 Å². The number of rotatable bonds is 7. The molecule has 74 valence electrons. The van der Waals surface area contributed by atoms with E-state index in [-0.39, 0.29) is 12.1 Å². The minimum absolute atomic E-state index is 0.0187. The Balaban J connectivity index is 3.76. The minimum Gasteiger partial charge on any atom is -0.394 e. The number of unbranched alkanes of at least 4 members (excludes halogenated alkanes) is 1. The van der Waals surface area contributed by atoms with Gasteiger partial charge in [-0.3, -0.25) is 0 Å². The van der Waals surface area contributed by atoms with Crippen LogP contribution in [-0.2, 0) is 0 Å². The number of hydrogen-bond donors (Lipinski definition) is 2. The van der Waals surface area contributed by atoms with Crippen molar-refractivity contribution in [3.8, 4) is 0 Å². The summed E-state index contributed by atoms with van der Waals surface area (Å²) in [5.41, 5.74) is -0.0187. The molecule has 0 aromatic rings. The molecule has 2 nitrogen and oxygen atoms in total. The van der Waals surface area contributed by atoms with Crippen molar-refractivity contribution >= 4 is 0 Å². The van der Waals surface area contributed by atoms with Crippen LogP contribution in [0.15, 0.2) is 0 Å². The van der Waals surface area contributed by atoms with Crippen molar-refractivity contribution in [1.82, 2.24) is 5.32 Å². The zero-order valence-electron chi connectivity index (χ0n) is 8.69. The molecule has 0 amide bonds. The van der Waals surface area contributed by atoms with Gasteiger partial charge >= 0.3 is 0 Å². The Hall–Kier alpha value is -0.0800. The second-order valence-corrected chi connectivity index (χ2v) is 3.43. The molecule has 2 N–H and O–H groups in total. The average molecular weight is 173 g/mol. The standard InChI is InChI=1S/C10H23NO/c1-4-7-8-11-10(5-2,6-3)9-12/h11-12H,4-9H2,1-3H3. The highest BCUT2D eigenvalue weighted by atomic mass is 16.3. The van der Waals surface area contributed by atoms with E-state index >= 15 is 0 Å². The predicted molar refractivity (Wildman–Crippen MR) is 53.3 cm³/mol. The van der Waals surface area contributed by atoms with Crippen LogP contribution in [0.2, 0.25) is 0 Å². The first-order valence-electron chi connectivity index (χ1n) is 5.10. The first-order valence-corrected chi connectivity index (χ1v) is 5.10. The van der Waals surface area contributed by atoms with Gasteiger partial charge in [0.05, 0.1) is 6.61 Å². The van der Waals surface area contributed by atoms with Gasteiger partial charge < -0.3 is 10.4 Å². The Morgan fingerprint density at radius 2 is 1.75 bits per heavy atom. The predicted octanol–water partition coefficient (Wildman–Crippen LogP) is 1.93. The molecule has 0 aromatic heterocycles. The summed E-state index contributed by atoms with van der Waals surface area (Å²) >= 11 is 0. The van der Waals surface area contributed by atoms with Crippen molar-refractivity contribution in [2.45, 2.75) is 52.0 Å². The van der Waals surface area contributed by atoms with Crippen LogP contribution in [0, 0.1) is 0 Å². The summed E-state index contributed by atoms with van der Waals surface area (Å²) in [5.74, 6) is 0. The summed E-state index contributed by atoms with van der Waals surface area (Å²) in [6.45, 7) is 7.71. The van der Waals surface area contributed by atoms with Gasteiger partial charge in [-0.1, -0.05) is 27.2 Å². The quantitative estimate of drug-likeness (QED) is 0.577. The molecule has 0 bridgehead atoms. The molecule has 2 heteroatoms. The van der Waals surface area contributed by atoms with E-state index in [9.17, 15) is 5.11 Å². The summed E-state index contributed by atoms with van der Waals surface area (Å²) in [6.07, 6.45) is 4.41. The summed E-state index contributed by atoms with van der Waals surface area (Å²) in [6, 6.07) is 0. The molecule has 12 heavy (non-hydrogen) atoms. The number of aliphatic hydroxyl groups is 1. The summed E-state index contributed by atoms with van der Waals surface area (Å²) < 4.78 is 0. The van der Waals surface area contributed by atoms with E-state index < -0.39 is 0 Å². The van der Waals surface area contributed by atoms with Crippen LogP contribution in [-0.4, -0.2) is 23.8 Å². The largest absolute Gasteiger partial charge is 0.394 e. The fourth-order valence-electron chi connectivity index (χ4n) is 1.31. The fourth-order valence-corrected chi connectivity index (χ4v) is 1.31. The Morgan fingerprint density at radius 1 is 1.17 bits per heavy atom. The van der Waals surface area contributed by atoms with Crippen LogP contribution >= 0.6 is 0 Å². The topological polar surface area (TPSA) is 32.3 Å². The van der Waals surface area contributed by atoms with Gasteiger partial charge in [0.1, 0.15) is 0 Å². The smallest absolute Gasteiger partial charge is 0.0613 e. The highest BCUT2D eigenvalue weighted by Gasteiger charge is 2.23. The lowest BCUT2D eigenvalue weighted by Crippen LogP contribution is -2.47. The maximum Gasteiger partial charge on any atom is 0.0613 e. The minimum atomic E-state index is -0.0187. The molecule has 0 aromatic carbocycles. The molecule has 0 saturated carbocycles. The normalized spacial score (nSPS) is 12.0. The third kappa shape index (κ3) is 3.55. The highest BCUT2D eigenvalue weighted by Crippen LogP contribution is 2.13. The van der Waals surface area contributed by atoms with Crippen LogP contribution < -0.4 is 5.32 Å². The third-order valence-corrected chi connectivity index (χ3v) is 2.69. The maximum atomic E-state index is 9.21. The Bertz CT molecular complexity index is 91.7. The van der Waals surface area contributed by atoms with Crippen LogP contribution in [0.1, 0.15) is 46.5 Å². The van der Waals surface area contributed by atoms with Gasteiger partial charge in [0.25, 0.3) is 0 Å². The second kappa shape index (κ2) is 6.44. The molecule has 0 radical (unpaired) electrons. The summed E-state index contributed by atoms with van der Waals surface area (Å²) in [4.78, 5) is 0. The van der Waals surface area contributed by atoms with Crippen LogP contribution in [0.25, 0.3) is 0 Å². The van der Waals surface area contributed by atoms with Crippen molar-refractivity contribution in [2.24, 2.45) is 0 Å². The molecule has 0 aliphatic heterocycles. The SMILES string of the molecule is CCCCNC(CC)(CC)CO. The van der Waals surface area contributed by atoms with Crippen molar-refractivity contribution in [3.05, 3.63) is 0 Å². The molecule has 0 atom stereocenters. The zero-order chi connectivity index (χ0) is 9.45. The highest BCUT2D eigenvalue weighted by molar-refractivity contribution is 4.84. The van der Waals surface area contributed by atoms with Crippen LogP contribution in [0.3, 0.4) is 0 Å². The van der Waals surface area contributed by atoms with E-state index in [0.717, 1.165) is 19.4 Å². The van der Waals surface area contributed by atoms with E-state index in [1.807, 2.05) is 0 Å². The molecular weight excluding hydrogens is 150 g/mol. The van der Waals surface area contributed by atoms with Gasteiger partial charge in [-0.15, -0.1) is 0 Å². The van der Waals surface area contributed by atoms with Gasteiger partial charge in [-0.2, -0.15) is 0 Å². The van der Waals surface area contributed by atoms with E-state index in [1.165, 1.54) is 12.8 Å². The molecule has 0 spiro atoms. The van der Waals surface area contributed by atoms with Crippen molar-refractivity contribution < 1.29 is 5.11 Å². The number of hydrogen-bond acceptors (Lipinski definition) is 2. The Morgan fingerprint density at radius 3 is 2.08 bits per heavy atom. The Kier molecular flexibility index (Phi) is 6.39. The monoisotopic (exact) mass is 173 g/mol. The lowest BCUT2D eigenvalue weighted by Gasteiger charge is -2.30. The third-order valence-electron chi connectivity index (χ3n) is 2.69. The Labute approximate surface area is 76.4 Å². The molecule has 0 unspecified atom stereocenters. The molecule has 0 aliphatic rings. The number of nitrogens with one attached hydrogen (secondary N) is 1. The first-order chi connectivity index (χ1) is 5.74. The van der Waals surface area contributed by atoms with Gasteiger partial charge in [0, 0.05) is 5.54 Å². The molecule has 0 fully saturated rings. The van der Waals surface area contributed by atoms with E-state index in [4.69, 9.17) is 0 Å². The lowest BCUT2D eigenvalue weighted by molar-refractivity contribution is 0.151. The lowest BCUT2D eigenvalue weighted by atomic mass is 9.94. The van der Waals surface area contributed by atoms with Crippen LogP contribution in [0.5, 0.6) is 0 Å². The fraction of sp³-hybridized carbons (Fsp3) is 1.00. The van der Waals surface area contributed by atoms with E-state index in [1.54, 1.807) is 0 Å². The molecule has 0 saturated heterocycles. The molecule has 0 aliphatic carbocycles. The zero-order valence-corrected chi connectivity index (χ0v) is 8.69. The van der Waals surface area contributed by atoms with E-state index in [2.05, 4.69) is 26.1 Å². The molecule has 0 rings (SSSR count). The van der Waals surface area contributed by atoms with Gasteiger partial charge in [0.15, 0.2) is 0 Å². The molecular formula is C10H23NO. The average Bonchev–Trinajstić information content (AvgIpc) is 2.14. The second-order valence-electron chi connectivity index (χ2n) is 3.43. The first kappa shape index (κ1) is 11.9. The molecule has 0 heterocycles. The van der Waals surface area contributed by atoms with Gasteiger partial charge in [0.2, 0.25) is 0 Å².